The van der Waals surface area contributed by atoms with Crippen molar-refractivity contribution in [2.75, 3.05) is 18.5 Å². The summed E-state index contributed by atoms with van der Waals surface area (Å²) in [7, 11) is -1.70. The van der Waals surface area contributed by atoms with Crippen LogP contribution in [-0.2, 0) is 36.0 Å². The minimum atomic E-state index is -1.70. The average Bonchev–Trinajstić information content (AvgIpc) is 3.59. The first kappa shape index (κ1) is 35.7. The van der Waals surface area contributed by atoms with Crippen LogP contribution >= 0.6 is 0 Å². The summed E-state index contributed by atoms with van der Waals surface area (Å²) < 4.78 is 9.89. The van der Waals surface area contributed by atoms with Gasteiger partial charge in [-0.05, 0) is 110 Å². The van der Waals surface area contributed by atoms with Gasteiger partial charge in [-0.15, -0.1) is 6.58 Å². The molecule has 0 saturated heterocycles. The molecule has 11 heteroatoms. The van der Waals surface area contributed by atoms with Crippen molar-refractivity contribution in [2.45, 2.75) is 122 Å². The van der Waals surface area contributed by atoms with E-state index in [1.165, 1.54) is 36.8 Å². The summed E-state index contributed by atoms with van der Waals surface area (Å²) in [5.74, 6) is 1.63. The van der Waals surface area contributed by atoms with Crippen molar-refractivity contribution >= 4 is 31.0 Å². The van der Waals surface area contributed by atoms with Crippen LogP contribution in [0.25, 0.3) is 16.9 Å². The second kappa shape index (κ2) is 13.7. The third-order valence-electron chi connectivity index (χ3n) is 12.3. The van der Waals surface area contributed by atoms with Gasteiger partial charge in [0.1, 0.15) is 11.0 Å². The Kier molecular flexibility index (Phi) is 9.62. The molecule has 0 amide bonds. The van der Waals surface area contributed by atoms with E-state index in [0.717, 1.165) is 43.8 Å². The summed E-state index contributed by atoms with van der Waals surface area (Å²) >= 11 is 0. The lowest BCUT2D eigenvalue weighted by molar-refractivity contribution is 0.0306. The topological polar surface area (TPSA) is 110 Å². The quantitative estimate of drug-likeness (QED) is 0.130. The molecular weight excluding hydrogens is 655 g/mol. The number of nitrogens with one attached hydrogen (secondary N) is 1. The van der Waals surface area contributed by atoms with Crippen LogP contribution in [0.2, 0.25) is 18.1 Å². The van der Waals surface area contributed by atoms with E-state index in [9.17, 15) is 9.90 Å². The molecule has 0 spiro atoms. The summed E-state index contributed by atoms with van der Waals surface area (Å²) in [6.45, 7) is 20.8. The summed E-state index contributed by atoms with van der Waals surface area (Å²) in [6.07, 6.45) is 11.3. The number of nitrogens with zero attached hydrogens (tertiary/aromatic N) is 6. The van der Waals surface area contributed by atoms with Crippen molar-refractivity contribution in [2.24, 2.45) is 5.92 Å². The van der Waals surface area contributed by atoms with E-state index in [1.807, 2.05) is 19.1 Å². The molecule has 1 fully saturated rings. The van der Waals surface area contributed by atoms with E-state index in [2.05, 4.69) is 73.8 Å². The first-order valence-electron chi connectivity index (χ1n) is 18.9. The van der Waals surface area contributed by atoms with Crippen LogP contribution in [0.1, 0.15) is 88.6 Å². The second-order valence-electron chi connectivity index (χ2n) is 16.6. The third kappa shape index (κ3) is 6.85. The van der Waals surface area contributed by atoms with Gasteiger partial charge in [0, 0.05) is 37.6 Å². The van der Waals surface area contributed by atoms with Gasteiger partial charge in [-0.3, -0.25) is 9.69 Å². The Labute approximate surface area is 303 Å². The monoisotopic (exact) mass is 709 g/mol. The van der Waals surface area contributed by atoms with Gasteiger partial charge in [0.15, 0.2) is 19.8 Å². The zero-order valence-electron chi connectivity index (χ0n) is 31.3. The highest BCUT2D eigenvalue weighted by atomic mass is 28.4. The predicted molar refractivity (Wildman–Crippen MR) is 206 cm³/mol. The van der Waals surface area contributed by atoms with Gasteiger partial charge in [-0.25, -0.2) is 19.3 Å². The molecule has 3 aromatic heterocycles. The fourth-order valence-electron chi connectivity index (χ4n) is 7.93. The van der Waals surface area contributed by atoms with E-state index < -0.39 is 13.9 Å². The lowest BCUT2D eigenvalue weighted by atomic mass is 9.84. The summed E-state index contributed by atoms with van der Waals surface area (Å²) in [6, 6.07) is 11.1. The highest BCUT2D eigenvalue weighted by Gasteiger charge is 2.39. The lowest BCUT2D eigenvalue weighted by Crippen LogP contribution is -2.44. The molecule has 1 aromatic carbocycles. The summed E-state index contributed by atoms with van der Waals surface area (Å²) in [4.78, 5) is 30.5. The number of anilines is 2. The smallest absolute Gasteiger partial charge is 0.278 e. The number of allylic oxidation sites excluding steroid dienone is 1. The fraction of sp³-hybridized carbons (Fsp3) is 0.550. The number of aryl methyl sites for hydroxylation is 1. The van der Waals surface area contributed by atoms with Gasteiger partial charge in [-0.1, -0.05) is 45.9 Å². The molecule has 3 aliphatic rings. The zero-order chi connectivity index (χ0) is 36.1. The Bertz CT molecular complexity index is 1990. The van der Waals surface area contributed by atoms with Gasteiger partial charge in [0.05, 0.1) is 12.2 Å². The van der Waals surface area contributed by atoms with Crippen molar-refractivity contribution in [1.82, 2.24) is 29.2 Å². The highest BCUT2D eigenvalue weighted by Crippen LogP contribution is 2.40. The molecule has 0 bridgehead atoms. The molecule has 4 aromatic rings. The minimum absolute atomic E-state index is 0.212. The standard InChI is InChI=1S/C40H55N7O3Si/c1-8-21-46-37(48)33-24-41-38(44-36(33)47(46)34-17-13-28-18-20-40(49,9-2)35(28)43-34)42-31-14-12-30-25-45(22-19-29(30)23-31)32-15-10-27(11-16-32)26-50-51(6,7)39(3,4)5/h8,12-14,17,23-24,27,32,49H,1,9-11,15-16,18-22,25-26H2,2-7H3,(H,41,42,44)/t27-,32+,40-/m1/s1. The maximum atomic E-state index is 13.5. The lowest BCUT2D eigenvalue weighted by Gasteiger charge is -2.41. The molecule has 1 saturated carbocycles. The molecule has 272 valence electrons. The Morgan fingerprint density at radius 1 is 1.08 bits per heavy atom. The number of fused-ring (bicyclic) bond motifs is 3. The molecule has 7 rings (SSSR count). The number of aliphatic hydroxyl groups is 1. The average molecular weight is 710 g/mol. The SMILES string of the molecule is C=CCn1c(=O)c2cnc(Nc3ccc4c(c3)CCN([C@H]3CC[C@@H](CO[Si](C)(C)C(C)(C)C)CC3)C4)nc2n1-c1ccc2c(n1)[C@@](O)(CC)CC2. The number of rotatable bonds is 10. The Hall–Kier alpha value is -3.64. The van der Waals surface area contributed by atoms with Crippen LogP contribution in [0, 0.1) is 5.92 Å². The Morgan fingerprint density at radius 3 is 2.57 bits per heavy atom. The summed E-state index contributed by atoms with van der Waals surface area (Å²) in [5.41, 5.74) is 4.66. The number of benzene rings is 1. The van der Waals surface area contributed by atoms with Crippen LogP contribution in [0.5, 0.6) is 0 Å². The molecule has 2 aliphatic carbocycles. The molecule has 2 N–H and O–H groups in total. The fourth-order valence-corrected chi connectivity index (χ4v) is 9.01. The number of aromatic nitrogens is 5. The van der Waals surface area contributed by atoms with Gasteiger partial charge < -0.3 is 14.8 Å². The van der Waals surface area contributed by atoms with E-state index >= 15 is 0 Å². The van der Waals surface area contributed by atoms with E-state index in [1.54, 1.807) is 21.6 Å². The molecule has 1 atom stereocenters. The van der Waals surface area contributed by atoms with Crippen LogP contribution in [-0.4, -0.2) is 61.8 Å². The molecular formula is C40H55N7O3Si. The summed E-state index contributed by atoms with van der Waals surface area (Å²) in [5, 5.41) is 15.3. The Morgan fingerprint density at radius 2 is 1.84 bits per heavy atom. The first-order chi connectivity index (χ1) is 24.3. The van der Waals surface area contributed by atoms with Crippen molar-refractivity contribution in [1.29, 1.82) is 0 Å². The first-order valence-corrected chi connectivity index (χ1v) is 21.8. The number of hydrogen-bond donors (Lipinski definition) is 2. The molecule has 4 heterocycles. The number of pyridine rings is 1. The maximum Gasteiger partial charge on any atom is 0.278 e. The van der Waals surface area contributed by atoms with Gasteiger partial charge in [0.25, 0.3) is 5.56 Å². The van der Waals surface area contributed by atoms with Crippen LogP contribution in [0.4, 0.5) is 11.6 Å². The van der Waals surface area contributed by atoms with Gasteiger partial charge in [-0.2, -0.15) is 4.98 Å². The maximum absolute atomic E-state index is 13.5. The number of hydrogen-bond acceptors (Lipinski definition) is 8. The van der Waals surface area contributed by atoms with Crippen molar-refractivity contribution in [3.8, 4) is 5.82 Å². The van der Waals surface area contributed by atoms with Crippen LogP contribution in [0.15, 0.2) is 54.0 Å². The van der Waals surface area contributed by atoms with Crippen molar-refractivity contribution < 1.29 is 9.53 Å². The van der Waals surface area contributed by atoms with E-state index in [-0.39, 0.29) is 17.1 Å². The van der Waals surface area contributed by atoms with Crippen LogP contribution < -0.4 is 10.9 Å². The molecule has 0 radical (unpaired) electrons. The normalized spacial score (nSPS) is 22.6. The van der Waals surface area contributed by atoms with Crippen molar-refractivity contribution in [3.63, 3.8) is 0 Å². The third-order valence-corrected chi connectivity index (χ3v) is 16.8. The van der Waals surface area contributed by atoms with Gasteiger partial charge in [0.2, 0.25) is 5.95 Å². The Balaban J connectivity index is 1.05. The van der Waals surface area contributed by atoms with Crippen molar-refractivity contribution in [3.05, 3.63) is 81.9 Å². The molecule has 51 heavy (non-hydrogen) atoms. The largest absolute Gasteiger partial charge is 0.417 e. The molecule has 1 aliphatic heterocycles. The molecule has 10 nitrogen and oxygen atoms in total. The minimum Gasteiger partial charge on any atom is -0.417 e. The van der Waals surface area contributed by atoms with Gasteiger partial charge >= 0.3 is 0 Å². The zero-order valence-corrected chi connectivity index (χ0v) is 32.3. The highest BCUT2D eigenvalue weighted by molar-refractivity contribution is 6.74. The second-order valence-corrected chi connectivity index (χ2v) is 21.4. The predicted octanol–water partition coefficient (Wildman–Crippen LogP) is 7.39. The van der Waals surface area contributed by atoms with Crippen LogP contribution in [0.3, 0.4) is 0 Å². The van der Waals surface area contributed by atoms with E-state index in [0.29, 0.717) is 53.3 Å². The van der Waals surface area contributed by atoms with E-state index in [4.69, 9.17) is 14.4 Å². The molecule has 0 unspecified atom stereocenters.